The molecule has 2 aromatic carbocycles. The van der Waals surface area contributed by atoms with Crippen LogP contribution in [0.3, 0.4) is 0 Å². The van der Waals surface area contributed by atoms with E-state index in [4.69, 9.17) is 0 Å². The van der Waals surface area contributed by atoms with Gasteiger partial charge < -0.3 is 4.90 Å². The van der Waals surface area contributed by atoms with Crippen molar-refractivity contribution in [3.05, 3.63) is 71.8 Å². The molecule has 1 amide bonds. The maximum atomic E-state index is 14.1. The molecule has 1 heterocycles. The lowest BCUT2D eigenvalue weighted by molar-refractivity contribution is -0.121. The number of carbonyl (C=O) groups is 1. The van der Waals surface area contributed by atoms with E-state index in [1.165, 1.54) is 15.6 Å². The number of anilines is 1. The number of benzene rings is 2. The number of halogens is 1. The summed E-state index contributed by atoms with van der Waals surface area (Å²) >= 11 is 0. The highest BCUT2D eigenvalue weighted by molar-refractivity contribution is 5.95. The topological polar surface area (TPSA) is 63.9 Å². The van der Waals surface area contributed by atoms with E-state index in [0.717, 1.165) is 5.56 Å². The number of hydrogen-bond donors (Lipinski definition) is 0. The summed E-state index contributed by atoms with van der Waals surface area (Å²) in [7, 11) is 1.55. The molecule has 3 rings (SSSR count). The third kappa shape index (κ3) is 3.55. The fourth-order valence-electron chi connectivity index (χ4n) is 2.71. The van der Waals surface area contributed by atoms with Gasteiger partial charge in [-0.1, -0.05) is 42.5 Å². The van der Waals surface area contributed by atoms with Crippen LogP contribution in [0.2, 0.25) is 0 Å². The first kappa shape index (κ1) is 16.8. The number of aromatic nitrogens is 4. The van der Waals surface area contributed by atoms with Gasteiger partial charge in [0.2, 0.25) is 0 Å². The lowest BCUT2D eigenvalue weighted by atomic mass is 10.0. The number of amides is 1. The fourth-order valence-corrected chi connectivity index (χ4v) is 2.71. The molecule has 1 atom stereocenters. The highest BCUT2D eigenvalue weighted by Crippen LogP contribution is 2.23. The minimum Gasteiger partial charge on any atom is -0.311 e. The van der Waals surface area contributed by atoms with Gasteiger partial charge in [-0.2, -0.15) is 0 Å². The van der Waals surface area contributed by atoms with Gasteiger partial charge >= 0.3 is 0 Å². The van der Waals surface area contributed by atoms with E-state index in [0.29, 0.717) is 12.2 Å². The molecule has 0 radical (unpaired) electrons. The summed E-state index contributed by atoms with van der Waals surface area (Å²) in [6.07, 6.45) is 0.407. The second-order valence-electron chi connectivity index (χ2n) is 5.72. The van der Waals surface area contributed by atoms with Gasteiger partial charge in [0.1, 0.15) is 17.7 Å². The zero-order valence-corrected chi connectivity index (χ0v) is 14.0. The van der Waals surface area contributed by atoms with Crippen molar-refractivity contribution in [2.24, 2.45) is 0 Å². The maximum Gasteiger partial charge on any atom is 0.252 e. The molecule has 1 aromatic heterocycles. The first-order valence-electron chi connectivity index (χ1n) is 7.88. The molecule has 0 fully saturated rings. The van der Waals surface area contributed by atoms with E-state index in [1.54, 1.807) is 32.2 Å². The summed E-state index contributed by atoms with van der Waals surface area (Å²) in [5.41, 5.74) is 1.19. The van der Waals surface area contributed by atoms with Crippen LogP contribution < -0.4 is 4.90 Å². The Hall–Kier alpha value is -3.09. The molecule has 0 saturated carbocycles. The predicted octanol–water partition coefficient (Wildman–Crippen LogP) is 2.57. The Morgan fingerprint density at radius 2 is 1.84 bits per heavy atom. The molecule has 0 aliphatic rings. The number of likely N-dealkylation sites (N-methyl/N-ethyl adjacent to an activating group) is 1. The summed E-state index contributed by atoms with van der Waals surface area (Å²) in [6.45, 7) is 1.73. The Morgan fingerprint density at radius 3 is 2.48 bits per heavy atom. The second-order valence-corrected chi connectivity index (χ2v) is 5.72. The van der Waals surface area contributed by atoms with Gasteiger partial charge in [0, 0.05) is 13.5 Å². The Morgan fingerprint density at radius 1 is 1.16 bits per heavy atom. The number of carbonyl (C=O) groups excluding carboxylic acids is 1. The molecular formula is C18H18FN5O. The van der Waals surface area contributed by atoms with Crippen LogP contribution in [0.25, 0.3) is 0 Å². The molecule has 128 valence electrons. The molecule has 0 unspecified atom stereocenters. The van der Waals surface area contributed by atoms with Crippen LogP contribution in [0.5, 0.6) is 0 Å². The van der Waals surface area contributed by atoms with Crippen LogP contribution in [0, 0.1) is 12.7 Å². The van der Waals surface area contributed by atoms with Crippen molar-refractivity contribution in [2.45, 2.75) is 19.4 Å². The number of aryl methyl sites for hydroxylation is 1. The van der Waals surface area contributed by atoms with E-state index in [-0.39, 0.29) is 11.6 Å². The van der Waals surface area contributed by atoms with E-state index in [1.807, 2.05) is 30.3 Å². The molecule has 0 spiro atoms. The smallest absolute Gasteiger partial charge is 0.252 e. The standard InChI is InChI=1S/C18H18FN5O/c1-13-20-21-22-24(13)17(12-14-8-4-3-5-9-14)18(25)23(2)16-11-7-6-10-15(16)19/h3-11,17H,12H2,1-2H3/t17-/m1/s1. The van der Waals surface area contributed by atoms with Gasteiger partial charge in [-0.15, -0.1) is 5.10 Å². The lowest BCUT2D eigenvalue weighted by Crippen LogP contribution is -2.37. The SMILES string of the molecule is Cc1nnnn1[C@H](Cc1ccccc1)C(=O)N(C)c1ccccc1F. The predicted molar refractivity (Wildman–Crippen MR) is 91.5 cm³/mol. The number of para-hydroxylation sites is 1. The van der Waals surface area contributed by atoms with Crippen LogP contribution in [0.4, 0.5) is 10.1 Å². The molecular weight excluding hydrogens is 321 g/mol. The van der Waals surface area contributed by atoms with Crippen molar-refractivity contribution in [3.63, 3.8) is 0 Å². The Labute approximate surface area is 144 Å². The van der Waals surface area contributed by atoms with Gasteiger partial charge in [0.05, 0.1) is 5.69 Å². The molecule has 0 N–H and O–H groups in total. The van der Waals surface area contributed by atoms with Gasteiger partial charge in [-0.25, -0.2) is 9.07 Å². The van der Waals surface area contributed by atoms with Crippen molar-refractivity contribution < 1.29 is 9.18 Å². The van der Waals surface area contributed by atoms with Gasteiger partial charge in [0.25, 0.3) is 5.91 Å². The molecule has 25 heavy (non-hydrogen) atoms. The quantitative estimate of drug-likeness (QED) is 0.717. The van der Waals surface area contributed by atoms with Crippen molar-refractivity contribution >= 4 is 11.6 Å². The van der Waals surface area contributed by atoms with Crippen molar-refractivity contribution in [3.8, 4) is 0 Å². The van der Waals surface area contributed by atoms with E-state index >= 15 is 0 Å². The molecule has 0 aliphatic heterocycles. The molecule has 6 nitrogen and oxygen atoms in total. The Bertz CT molecular complexity index is 865. The van der Waals surface area contributed by atoms with Crippen LogP contribution in [-0.4, -0.2) is 33.2 Å². The minimum atomic E-state index is -0.665. The molecule has 0 bridgehead atoms. The van der Waals surface area contributed by atoms with Crippen molar-refractivity contribution in [1.82, 2.24) is 20.2 Å². The Kier molecular flexibility index (Phi) is 4.83. The average molecular weight is 339 g/mol. The molecule has 0 saturated heterocycles. The van der Waals surface area contributed by atoms with Crippen molar-refractivity contribution in [2.75, 3.05) is 11.9 Å². The molecule has 3 aromatic rings. The van der Waals surface area contributed by atoms with E-state index < -0.39 is 11.9 Å². The van der Waals surface area contributed by atoms with Crippen LogP contribution in [0.15, 0.2) is 54.6 Å². The van der Waals surface area contributed by atoms with Crippen LogP contribution in [0.1, 0.15) is 17.4 Å². The summed E-state index contributed by atoms with van der Waals surface area (Å²) in [6, 6.07) is 15.1. The normalized spacial score (nSPS) is 12.0. The Balaban J connectivity index is 1.95. The number of rotatable bonds is 5. The summed E-state index contributed by atoms with van der Waals surface area (Å²) < 4.78 is 15.6. The molecule has 0 aliphatic carbocycles. The van der Waals surface area contributed by atoms with Crippen LogP contribution >= 0.6 is 0 Å². The zero-order valence-electron chi connectivity index (χ0n) is 14.0. The van der Waals surface area contributed by atoms with Gasteiger partial charge in [0.15, 0.2) is 0 Å². The maximum absolute atomic E-state index is 14.1. The van der Waals surface area contributed by atoms with Gasteiger partial charge in [-0.3, -0.25) is 4.79 Å². The zero-order chi connectivity index (χ0) is 17.8. The third-order valence-electron chi connectivity index (χ3n) is 4.05. The summed E-state index contributed by atoms with van der Waals surface area (Å²) in [5, 5.41) is 11.4. The number of nitrogens with zero attached hydrogens (tertiary/aromatic N) is 5. The largest absolute Gasteiger partial charge is 0.311 e. The molecule has 7 heteroatoms. The van der Waals surface area contributed by atoms with E-state index in [2.05, 4.69) is 15.5 Å². The number of tetrazole rings is 1. The van der Waals surface area contributed by atoms with E-state index in [9.17, 15) is 9.18 Å². The minimum absolute atomic E-state index is 0.219. The first-order chi connectivity index (χ1) is 12.1. The first-order valence-corrected chi connectivity index (χ1v) is 7.88. The number of hydrogen-bond acceptors (Lipinski definition) is 4. The van der Waals surface area contributed by atoms with Gasteiger partial charge in [-0.05, 0) is 35.0 Å². The third-order valence-corrected chi connectivity index (χ3v) is 4.05. The average Bonchev–Trinajstić information content (AvgIpc) is 3.05. The van der Waals surface area contributed by atoms with Crippen LogP contribution in [-0.2, 0) is 11.2 Å². The monoisotopic (exact) mass is 339 g/mol. The van der Waals surface area contributed by atoms with Crippen molar-refractivity contribution in [1.29, 1.82) is 0 Å². The highest BCUT2D eigenvalue weighted by atomic mass is 19.1. The highest BCUT2D eigenvalue weighted by Gasteiger charge is 2.28. The lowest BCUT2D eigenvalue weighted by Gasteiger charge is -2.24. The summed E-state index contributed by atoms with van der Waals surface area (Å²) in [4.78, 5) is 14.4. The fraction of sp³-hybridized carbons (Fsp3) is 0.222. The second kappa shape index (κ2) is 7.21. The summed E-state index contributed by atoms with van der Waals surface area (Å²) in [5.74, 6) is -0.217.